The first-order valence-corrected chi connectivity index (χ1v) is 8.17. The van der Waals surface area contributed by atoms with Gasteiger partial charge in [-0.25, -0.2) is 0 Å². The molecule has 2 saturated heterocycles. The summed E-state index contributed by atoms with van der Waals surface area (Å²) in [6.45, 7) is 3.14. The molecule has 2 unspecified atom stereocenters. The van der Waals surface area contributed by atoms with Crippen molar-refractivity contribution in [1.29, 1.82) is 0 Å². The standard InChI is InChI=1S/C13H22N2O2S/c1-3-10(9-18-2)15-8-12(16)14-7-5-4-6-11(14)13(15)17/h10-11H,3-9H2,1-2H3. The highest BCUT2D eigenvalue weighted by molar-refractivity contribution is 7.98. The summed E-state index contributed by atoms with van der Waals surface area (Å²) in [4.78, 5) is 28.3. The zero-order valence-corrected chi connectivity index (χ0v) is 12.0. The fraction of sp³-hybridized carbons (Fsp3) is 0.846. The van der Waals surface area contributed by atoms with Gasteiger partial charge in [-0.05, 0) is 31.9 Å². The van der Waals surface area contributed by atoms with Gasteiger partial charge in [-0.3, -0.25) is 9.59 Å². The smallest absolute Gasteiger partial charge is 0.246 e. The molecule has 5 heteroatoms. The third-order valence-electron chi connectivity index (χ3n) is 3.97. The van der Waals surface area contributed by atoms with E-state index in [1.807, 2.05) is 11.2 Å². The van der Waals surface area contributed by atoms with E-state index in [1.165, 1.54) is 0 Å². The van der Waals surface area contributed by atoms with E-state index >= 15 is 0 Å². The monoisotopic (exact) mass is 270 g/mol. The van der Waals surface area contributed by atoms with Gasteiger partial charge in [-0.15, -0.1) is 0 Å². The zero-order chi connectivity index (χ0) is 13.1. The molecule has 4 nitrogen and oxygen atoms in total. The summed E-state index contributed by atoms with van der Waals surface area (Å²) in [5.41, 5.74) is 0. The zero-order valence-electron chi connectivity index (χ0n) is 11.2. The Kier molecular flexibility index (Phi) is 4.54. The van der Waals surface area contributed by atoms with Crippen LogP contribution in [-0.2, 0) is 9.59 Å². The van der Waals surface area contributed by atoms with Crippen molar-refractivity contribution < 1.29 is 9.59 Å². The highest BCUT2D eigenvalue weighted by Crippen LogP contribution is 2.25. The Morgan fingerprint density at radius 1 is 1.39 bits per heavy atom. The third kappa shape index (κ3) is 2.51. The van der Waals surface area contributed by atoms with Crippen molar-refractivity contribution in [2.75, 3.05) is 25.1 Å². The second kappa shape index (κ2) is 5.95. The van der Waals surface area contributed by atoms with E-state index in [0.29, 0.717) is 0 Å². The van der Waals surface area contributed by atoms with Gasteiger partial charge in [0.15, 0.2) is 0 Å². The predicted molar refractivity (Wildman–Crippen MR) is 73.5 cm³/mol. The lowest BCUT2D eigenvalue weighted by Gasteiger charge is -2.45. The normalized spacial score (nSPS) is 26.2. The van der Waals surface area contributed by atoms with Gasteiger partial charge in [0.25, 0.3) is 0 Å². The molecular formula is C13H22N2O2S. The maximum absolute atomic E-state index is 12.5. The minimum Gasteiger partial charge on any atom is -0.329 e. The lowest BCUT2D eigenvalue weighted by atomic mass is 9.97. The molecule has 2 aliphatic heterocycles. The molecule has 0 spiro atoms. The average molecular weight is 270 g/mol. The van der Waals surface area contributed by atoms with E-state index in [-0.39, 0.29) is 30.4 Å². The number of carbonyl (C=O) groups excluding carboxylic acids is 2. The molecule has 0 aromatic carbocycles. The number of hydrogen-bond donors (Lipinski definition) is 0. The van der Waals surface area contributed by atoms with E-state index in [2.05, 4.69) is 6.92 Å². The van der Waals surface area contributed by atoms with E-state index < -0.39 is 0 Å². The summed E-state index contributed by atoms with van der Waals surface area (Å²) >= 11 is 1.74. The fourth-order valence-electron chi connectivity index (χ4n) is 2.92. The van der Waals surface area contributed by atoms with Crippen LogP contribution in [0.1, 0.15) is 32.6 Å². The number of fused-ring (bicyclic) bond motifs is 1. The Hall–Kier alpha value is -0.710. The summed E-state index contributed by atoms with van der Waals surface area (Å²) in [6.07, 6.45) is 5.92. The van der Waals surface area contributed by atoms with Crippen LogP contribution in [0.2, 0.25) is 0 Å². The molecule has 2 rings (SSSR count). The minimum absolute atomic E-state index is 0.138. The van der Waals surface area contributed by atoms with Crippen LogP contribution in [0.3, 0.4) is 0 Å². The number of carbonyl (C=O) groups is 2. The van der Waals surface area contributed by atoms with E-state index in [0.717, 1.165) is 38.0 Å². The Morgan fingerprint density at radius 3 is 2.83 bits per heavy atom. The molecule has 0 bridgehead atoms. The second-order valence-electron chi connectivity index (χ2n) is 5.08. The number of hydrogen-bond acceptors (Lipinski definition) is 3. The molecule has 2 atom stereocenters. The molecule has 0 aromatic heterocycles. The molecule has 0 saturated carbocycles. The van der Waals surface area contributed by atoms with Crippen LogP contribution in [0.4, 0.5) is 0 Å². The SMILES string of the molecule is CCC(CSC)N1CC(=O)N2CCCCC2C1=O. The number of rotatable bonds is 4. The first-order valence-electron chi connectivity index (χ1n) is 6.78. The van der Waals surface area contributed by atoms with Crippen molar-refractivity contribution >= 4 is 23.6 Å². The van der Waals surface area contributed by atoms with Crippen molar-refractivity contribution in [2.24, 2.45) is 0 Å². The number of thioether (sulfide) groups is 1. The molecule has 0 radical (unpaired) electrons. The predicted octanol–water partition coefficient (Wildman–Crippen LogP) is 1.35. The first-order chi connectivity index (χ1) is 8.69. The van der Waals surface area contributed by atoms with Crippen molar-refractivity contribution in [3.8, 4) is 0 Å². The van der Waals surface area contributed by atoms with Crippen LogP contribution in [0.5, 0.6) is 0 Å². The molecule has 2 heterocycles. The number of nitrogens with zero attached hydrogens (tertiary/aromatic N) is 2. The Bertz CT molecular complexity index is 335. The van der Waals surface area contributed by atoms with E-state index in [4.69, 9.17) is 0 Å². The van der Waals surface area contributed by atoms with Crippen LogP contribution < -0.4 is 0 Å². The van der Waals surface area contributed by atoms with Crippen LogP contribution >= 0.6 is 11.8 Å². The molecular weight excluding hydrogens is 248 g/mol. The van der Waals surface area contributed by atoms with E-state index in [1.54, 1.807) is 16.7 Å². The summed E-state index contributed by atoms with van der Waals surface area (Å²) in [5.74, 6) is 1.23. The summed E-state index contributed by atoms with van der Waals surface area (Å²) in [7, 11) is 0. The van der Waals surface area contributed by atoms with Crippen LogP contribution in [0, 0.1) is 0 Å². The third-order valence-corrected chi connectivity index (χ3v) is 4.69. The van der Waals surface area contributed by atoms with Gasteiger partial charge in [0.2, 0.25) is 11.8 Å². The van der Waals surface area contributed by atoms with Crippen molar-refractivity contribution in [3.05, 3.63) is 0 Å². The highest BCUT2D eigenvalue weighted by atomic mass is 32.2. The fourth-order valence-corrected chi connectivity index (χ4v) is 3.72. The number of piperazine rings is 1. The lowest BCUT2D eigenvalue weighted by Crippen LogP contribution is -2.63. The number of piperidine rings is 1. The van der Waals surface area contributed by atoms with Gasteiger partial charge in [-0.2, -0.15) is 11.8 Å². The van der Waals surface area contributed by atoms with Crippen molar-refractivity contribution in [3.63, 3.8) is 0 Å². The largest absolute Gasteiger partial charge is 0.329 e. The van der Waals surface area contributed by atoms with Gasteiger partial charge in [0, 0.05) is 18.3 Å². The Balaban J connectivity index is 2.13. The molecule has 0 aromatic rings. The first kappa shape index (κ1) is 13.7. The Labute approximate surface area is 113 Å². The van der Waals surface area contributed by atoms with Gasteiger partial charge >= 0.3 is 0 Å². The average Bonchev–Trinajstić information content (AvgIpc) is 2.40. The van der Waals surface area contributed by atoms with Crippen LogP contribution in [-0.4, -0.2) is 58.8 Å². The molecule has 0 N–H and O–H groups in total. The van der Waals surface area contributed by atoms with Crippen molar-refractivity contribution in [2.45, 2.75) is 44.7 Å². The van der Waals surface area contributed by atoms with Crippen LogP contribution in [0.15, 0.2) is 0 Å². The summed E-state index contributed by atoms with van der Waals surface area (Å²) in [6, 6.07) is 0.0384. The second-order valence-corrected chi connectivity index (χ2v) is 5.99. The number of amides is 2. The topological polar surface area (TPSA) is 40.6 Å². The minimum atomic E-state index is -0.170. The molecule has 18 heavy (non-hydrogen) atoms. The molecule has 2 amide bonds. The van der Waals surface area contributed by atoms with Crippen LogP contribution in [0.25, 0.3) is 0 Å². The summed E-state index contributed by atoms with van der Waals surface area (Å²) < 4.78 is 0. The van der Waals surface area contributed by atoms with Gasteiger partial charge in [0.05, 0.1) is 0 Å². The molecule has 2 aliphatic rings. The van der Waals surface area contributed by atoms with Gasteiger partial charge < -0.3 is 9.80 Å². The molecule has 102 valence electrons. The lowest BCUT2D eigenvalue weighted by molar-refractivity contribution is -0.159. The van der Waals surface area contributed by atoms with Gasteiger partial charge in [0.1, 0.15) is 12.6 Å². The van der Waals surface area contributed by atoms with E-state index in [9.17, 15) is 9.59 Å². The van der Waals surface area contributed by atoms with Gasteiger partial charge in [-0.1, -0.05) is 6.92 Å². The van der Waals surface area contributed by atoms with Crippen molar-refractivity contribution in [1.82, 2.24) is 9.80 Å². The highest BCUT2D eigenvalue weighted by Gasteiger charge is 2.42. The molecule has 2 fully saturated rings. The molecule has 0 aliphatic carbocycles. The Morgan fingerprint density at radius 2 is 2.17 bits per heavy atom. The maximum atomic E-state index is 12.5. The summed E-state index contributed by atoms with van der Waals surface area (Å²) in [5, 5.41) is 0. The maximum Gasteiger partial charge on any atom is 0.246 e. The quantitative estimate of drug-likeness (QED) is 0.774.